The molecule has 1 unspecified atom stereocenters. The molecule has 4 nitrogen and oxygen atoms in total. The van der Waals surface area contributed by atoms with Crippen molar-refractivity contribution in [3.05, 3.63) is 28.7 Å². The van der Waals surface area contributed by atoms with Gasteiger partial charge in [-0.25, -0.2) is 0 Å². The molecular weight excluding hydrogens is 306 g/mol. The summed E-state index contributed by atoms with van der Waals surface area (Å²) >= 11 is 3.53. The molecule has 0 aromatic heterocycles. The lowest BCUT2D eigenvalue weighted by molar-refractivity contribution is -0.125. The largest absolute Gasteiger partial charge is 0.320 e. The first-order valence-electron chi connectivity index (χ1n) is 6.56. The van der Waals surface area contributed by atoms with Gasteiger partial charge in [0.2, 0.25) is 5.91 Å². The number of rotatable bonds is 4. The van der Waals surface area contributed by atoms with Crippen molar-refractivity contribution in [1.29, 1.82) is 0 Å². The van der Waals surface area contributed by atoms with Gasteiger partial charge in [0.1, 0.15) is 0 Å². The van der Waals surface area contributed by atoms with Gasteiger partial charge >= 0.3 is 0 Å². The van der Waals surface area contributed by atoms with Crippen LogP contribution in [0.15, 0.2) is 28.7 Å². The molecule has 19 heavy (non-hydrogen) atoms. The maximum atomic E-state index is 12.6. The number of benzene rings is 1. The van der Waals surface area contributed by atoms with Gasteiger partial charge in [0.15, 0.2) is 0 Å². The molecule has 1 N–H and O–H groups in total. The monoisotopic (exact) mass is 325 g/mol. The number of carbonyl (C=O) groups is 1. The van der Waals surface area contributed by atoms with E-state index in [-0.39, 0.29) is 11.9 Å². The number of carbonyl (C=O) groups excluding carboxylic acids is 1. The Morgan fingerprint density at radius 3 is 2.79 bits per heavy atom. The molecule has 1 saturated heterocycles. The number of hydrogen-bond acceptors (Lipinski definition) is 3. The van der Waals surface area contributed by atoms with Crippen molar-refractivity contribution in [2.24, 2.45) is 0 Å². The zero-order valence-corrected chi connectivity index (χ0v) is 13.0. The maximum absolute atomic E-state index is 12.6. The first-order chi connectivity index (χ1) is 9.15. The van der Waals surface area contributed by atoms with Crippen LogP contribution in [0.2, 0.25) is 0 Å². The van der Waals surface area contributed by atoms with E-state index in [1.165, 1.54) is 0 Å². The summed E-state index contributed by atoms with van der Waals surface area (Å²) in [6.07, 6.45) is 0.840. The first kappa shape index (κ1) is 14.5. The minimum atomic E-state index is -0.0340. The molecule has 0 spiro atoms. The lowest BCUT2D eigenvalue weighted by Gasteiger charge is -2.39. The average molecular weight is 326 g/mol. The topological polar surface area (TPSA) is 35.6 Å². The second-order valence-corrected chi connectivity index (χ2v) is 5.68. The van der Waals surface area contributed by atoms with E-state index in [0.29, 0.717) is 0 Å². The number of halogens is 1. The molecule has 0 aliphatic carbocycles. The zero-order chi connectivity index (χ0) is 13.8. The number of hydrogen-bond donors (Lipinski definition) is 1. The van der Waals surface area contributed by atoms with E-state index in [4.69, 9.17) is 0 Å². The van der Waals surface area contributed by atoms with Crippen molar-refractivity contribution >= 4 is 27.5 Å². The van der Waals surface area contributed by atoms with Crippen LogP contribution in [-0.4, -0.2) is 50.6 Å². The second kappa shape index (κ2) is 6.50. The smallest absolute Gasteiger partial charge is 0.244 e. The zero-order valence-electron chi connectivity index (χ0n) is 11.4. The number of anilines is 1. The van der Waals surface area contributed by atoms with Gasteiger partial charge in [-0.2, -0.15) is 0 Å². The summed E-state index contributed by atoms with van der Waals surface area (Å²) in [5, 5.41) is 3.12. The number of piperazine rings is 1. The predicted molar refractivity (Wildman–Crippen MR) is 81.5 cm³/mol. The lowest BCUT2D eigenvalue weighted by Crippen LogP contribution is -2.56. The highest BCUT2D eigenvalue weighted by atomic mass is 79.9. The van der Waals surface area contributed by atoms with E-state index >= 15 is 0 Å². The SMILES string of the molecule is CNCCC1C(=O)N(c2ccccc2Br)CCN1C. The number of likely N-dealkylation sites (N-methyl/N-ethyl adjacent to an activating group) is 1. The molecule has 1 aliphatic rings. The number of para-hydroxylation sites is 1. The maximum Gasteiger partial charge on any atom is 0.244 e. The van der Waals surface area contributed by atoms with Crippen molar-refractivity contribution in [2.75, 3.05) is 38.6 Å². The van der Waals surface area contributed by atoms with Gasteiger partial charge in [-0.05, 0) is 55.1 Å². The molecular formula is C14H20BrN3O. The highest BCUT2D eigenvalue weighted by molar-refractivity contribution is 9.10. The van der Waals surface area contributed by atoms with Crippen molar-refractivity contribution in [3.63, 3.8) is 0 Å². The van der Waals surface area contributed by atoms with Gasteiger partial charge in [-0.1, -0.05) is 12.1 Å². The summed E-state index contributed by atoms with van der Waals surface area (Å²) in [5.41, 5.74) is 0.968. The van der Waals surface area contributed by atoms with Crippen LogP contribution in [0.5, 0.6) is 0 Å². The van der Waals surface area contributed by atoms with Crippen LogP contribution in [0.3, 0.4) is 0 Å². The van der Waals surface area contributed by atoms with Gasteiger partial charge in [-0.15, -0.1) is 0 Å². The normalized spacial score (nSPS) is 20.9. The molecule has 2 rings (SSSR count). The number of nitrogens with one attached hydrogen (secondary N) is 1. The third-order valence-electron chi connectivity index (χ3n) is 3.57. The van der Waals surface area contributed by atoms with E-state index in [1.54, 1.807) is 0 Å². The van der Waals surface area contributed by atoms with Crippen LogP contribution in [-0.2, 0) is 4.79 Å². The Morgan fingerprint density at radius 1 is 1.37 bits per heavy atom. The molecule has 5 heteroatoms. The highest BCUT2D eigenvalue weighted by Gasteiger charge is 2.33. The average Bonchev–Trinajstić information content (AvgIpc) is 2.40. The molecule has 1 fully saturated rings. The fourth-order valence-electron chi connectivity index (χ4n) is 2.43. The first-order valence-corrected chi connectivity index (χ1v) is 7.35. The van der Waals surface area contributed by atoms with Crippen LogP contribution in [0, 0.1) is 0 Å². The molecule has 1 aromatic carbocycles. The Labute approximate surface area is 122 Å². The van der Waals surface area contributed by atoms with Crippen LogP contribution in [0.4, 0.5) is 5.69 Å². The van der Waals surface area contributed by atoms with Crippen LogP contribution < -0.4 is 10.2 Å². The molecule has 0 radical (unpaired) electrons. The van der Waals surface area contributed by atoms with Gasteiger partial charge in [0.25, 0.3) is 0 Å². The quantitative estimate of drug-likeness (QED) is 0.915. The van der Waals surface area contributed by atoms with Crippen LogP contribution in [0.25, 0.3) is 0 Å². The summed E-state index contributed by atoms with van der Waals surface area (Å²) in [4.78, 5) is 16.7. The predicted octanol–water partition coefficient (Wildman–Crippen LogP) is 1.71. The Bertz CT molecular complexity index is 452. The van der Waals surface area contributed by atoms with E-state index in [9.17, 15) is 4.79 Å². The summed E-state index contributed by atoms with van der Waals surface area (Å²) in [6, 6.07) is 7.86. The Morgan fingerprint density at radius 2 is 2.11 bits per heavy atom. The molecule has 0 saturated carbocycles. The molecule has 0 bridgehead atoms. The van der Waals surface area contributed by atoms with Crippen molar-refractivity contribution < 1.29 is 4.79 Å². The summed E-state index contributed by atoms with van der Waals surface area (Å²) in [6.45, 7) is 2.50. The molecule has 1 aromatic rings. The van der Waals surface area contributed by atoms with Gasteiger partial charge < -0.3 is 10.2 Å². The molecule has 1 aliphatic heterocycles. The summed E-state index contributed by atoms with van der Waals surface area (Å²) in [7, 11) is 3.94. The van der Waals surface area contributed by atoms with Crippen LogP contribution >= 0.6 is 15.9 Å². The summed E-state index contributed by atoms with van der Waals surface area (Å²) in [5.74, 6) is 0.191. The van der Waals surface area contributed by atoms with Gasteiger partial charge in [0.05, 0.1) is 11.7 Å². The lowest BCUT2D eigenvalue weighted by atomic mass is 10.1. The fraction of sp³-hybridized carbons (Fsp3) is 0.500. The van der Waals surface area contributed by atoms with E-state index in [2.05, 4.69) is 26.1 Å². The minimum Gasteiger partial charge on any atom is -0.320 e. The van der Waals surface area contributed by atoms with E-state index in [0.717, 1.165) is 36.2 Å². The third kappa shape index (κ3) is 3.16. The molecule has 1 heterocycles. The molecule has 104 valence electrons. The Hall–Kier alpha value is -0.910. The van der Waals surface area contributed by atoms with Crippen molar-refractivity contribution in [1.82, 2.24) is 10.2 Å². The number of nitrogens with zero attached hydrogens (tertiary/aromatic N) is 2. The van der Waals surface area contributed by atoms with E-state index in [1.807, 2.05) is 43.3 Å². The minimum absolute atomic E-state index is 0.0340. The van der Waals surface area contributed by atoms with Crippen molar-refractivity contribution in [3.8, 4) is 0 Å². The third-order valence-corrected chi connectivity index (χ3v) is 4.24. The summed E-state index contributed by atoms with van der Waals surface area (Å²) < 4.78 is 0.972. The molecule has 1 amide bonds. The molecule has 1 atom stereocenters. The number of amides is 1. The highest BCUT2D eigenvalue weighted by Crippen LogP contribution is 2.28. The van der Waals surface area contributed by atoms with E-state index < -0.39 is 0 Å². The second-order valence-electron chi connectivity index (χ2n) is 4.83. The Balaban J connectivity index is 2.19. The Kier molecular flexibility index (Phi) is 4.96. The van der Waals surface area contributed by atoms with Gasteiger partial charge in [-0.3, -0.25) is 9.69 Å². The fourth-order valence-corrected chi connectivity index (χ4v) is 2.93. The van der Waals surface area contributed by atoms with Crippen LogP contribution in [0.1, 0.15) is 6.42 Å². The van der Waals surface area contributed by atoms with Crippen molar-refractivity contribution in [2.45, 2.75) is 12.5 Å². The standard InChI is InChI=1S/C14H20BrN3O/c1-16-8-7-13-14(19)18(10-9-17(13)2)12-6-4-3-5-11(12)15/h3-6,13,16H,7-10H2,1-2H3. The van der Waals surface area contributed by atoms with Gasteiger partial charge in [0, 0.05) is 17.6 Å².